The standard InChI is InChI=1S/C26H31N3O5S.Na/c1-19(2)25(28-35(32,33)24-12-10-23(34-3)11-13-24)18-29(17-21-5-4-14-27-15-21)16-20-6-8-22(9-7-20)26(30)31;/h4-15,19,25,28H,16-18H2,1-3H3,(H,30,31);/q;+1/p-1/t25-;/m1./s1. The minimum absolute atomic E-state index is 0. The number of sulfonamides is 1. The molecule has 0 saturated carbocycles. The van der Waals surface area contributed by atoms with Gasteiger partial charge >= 0.3 is 29.6 Å². The molecule has 0 unspecified atom stereocenters. The Bertz CT molecular complexity index is 1200. The van der Waals surface area contributed by atoms with E-state index in [1.54, 1.807) is 36.7 Å². The minimum Gasteiger partial charge on any atom is -0.545 e. The van der Waals surface area contributed by atoms with Crippen LogP contribution >= 0.6 is 0 Å². The van der Waals surface area contributed by atoms with E-state index in [9.17, 15) is 18.3 Å². The van der Waals surface area contributed by atoms with Gasteiger partial charge in [0.05, 0.1) is 18.0 Å². The summed E-state index contributed by atoms with van der Waals surface area (Å²) in [6.45, 7) is 5.42. The number of nitrogens with one attached hydrogen (secondary N) is 1. The van der Waals surface area contributed by atoms with Crippen molar-refractivity contribution < 1.29 is 52.6 Å². The summed E-state index contributed by atoms with van der Waals surface area (Å²) in [5.74, 6) is -0.631. The topological polar surface area (TPSA) is 112 Å². The summed E-state index contributed by atoms with van der Waals surface area (Å²) in [6.07, 6.45) is 3.48. The summed E-state index contributed by atoms with van der Waals surface area (Å²) in [6, 6.07) is 16.2. The Hall–Kier alpha value is -2.27. The number of pyridine rings is 1. The maximum absolute atomic E-state index is 13.1. The first kappa shape index (κ1) is 30.0. The fourth-order valence-electron chi connectivity index (χ4n) is 3.62. The quantitative estimate of drug-likeness (QED) is 0.320. The van der Waals surface area contributed by atoms with Gasteiger partial charge in [-0.15, -0.1) is 0 Å². The molecule has 10 heteroatoms. The van der Waals surface area contributed by atoms with Gasteiger partial charge in [0.15, 0.2) is 0 Å². The van der Waals surface area contributed by atoms with Gasteiger partial charge in [-0.25, -0.2) is 13.1 Å². The van der Waals surface area contributed by atoms with E-state index in [-0.39, 0.29) is 52.0 Å². The van der Waals surface area contributed by atoms with Crippen molar-refractivity contribution in [3.05, 3.63) is 89.7 Å². The minimum atomic E-state index is -3.75. The molecule has 0 spiro atoms. The molecule has 1 heterocycles. The van der Waals surface area contributed by atoms with Crippen molar-refractivity contribution in [2.24, 2.45) is 5.92 Å². The second kappa shape index (κ2) is 13.9. The largest absolute Gasteiger partial charge is 1.00 e. The number of hydrogen-bond acceptors (Lipinski definition) is 7. The Labute approximate surface area is 235 Å². The van der Waals surface area contributed by atoms with E-state index in [0.29, 0.717) is 25.4 Å². The smallest absolute Gasteiger partial charge is 0.545 e. The summed E-state index contributed by atoms with van der Waals surface area (Å²) >= 11 is 0. The fraction of sp³-hybridized carbons (Fsp3) is 0.308. The van der Waals surface area contributed by atoms with Gasteiger partial charge in [0.2, 0.25) is 10.0 Å². The molecule has 3 aromatic rings. The third kappa shape index (κ3) is 8.69. The normalized spacial score (nSPS) is 12.2. The molecule has 0 aliphatic heterocycles. The molecule has 0 saturated heterocycles. The van der Waals surface area contributed by atoms with E-state index in [4.69, 9.17) is 4.74 Å². The second-order valence-electron chi connectivity index (χ2n) is 8.66. The zero-order chi connectivity index (χ0) is 25.4. The SMILES string of the molecule is COc1ccc(S(=O)(=O)N[C@H](CN(Cc2ccc(C(=O)[O-])cc2)Cc2cccnc2)C(C)C)cc1.[Na+]. The van der Waals surface area contributed by atoms with Crippen molar-refractivity contribution in [2.45, 2.75) is 37.9 Å². The first-order chi connectivity index (χ1) is 16.7. The first-order valence-corrected chi connectivity index (χ1v) is 12.7. The summed E-state index contributed by atoms with van der Waals surface area (Å²) in [5, 5.41) is 11.1. The molecule has 0 amide bonds. The molecular weight excluding hydrogens is 489 g/mol. The van der Waals surface area contributed by atoms with Crippen LogP contribution in [0.5, 0.6) is 5.75 Å². The van der Waals surface area contributed by atoms with Crippen LogP contribution in [0, 0.1) is 5.92 Å². The van der Waals surface area contributed by atoms with Gasteiger partial charge in [0.25, 0.3) is 0 Å². The maximum Gasteiger partial charge on any atom is 1.00 e. The number of carbonyl (C=O) groups is 1. The number of carboxylic acids is 1. The van der Waals surface area contributed by atoms with E-state index in [1.165, 1.54) is 31.4 Å². The van der Waals surface area contributed by atoms with Gasteiger partial charge in [-0.2, -0.15) is 0 Å². The second-order valence-corrected chi connectivity index (χ2v) is 10.4. The van der Waals surface area contributed by atoms with E-state index >= 15 is 0 Å². The Kier molecular flexibility index (Phi) is 11.5. The van der Waals surface area contributed by atoms with Crippen LogP contribution in [0.1, 0.15) is 35.3 Å². The number of benzene rings is 2. The van der Waals surface area contributed by atoms with Crippen molar-refractivity contribution in [1.82, 2.24) is 14.6 Å². The Morgan fingerprint density at radius 3 is 2.19 bits per heavy atom. The summed E-state index contributed by atoms with van der Waals surface area (Å²) in [4.78, 5) is 17.5. The van der Waals surface area contributed by atoms with Crippen LogP contribution in [-0.4, -0.2) is 44.0 Å². The predicted octanol–water partition coefficient (Wildman–Crippen LogP) is -0.537. The van der Waals surface area contributed by atoms with Gasteiger partial charge < -0.3 is 14.6 Å². The van der Waals surface area contributed by atoms with Gasteiger partial charge in [0.1, 0.15) is 5.75 Å². The molecule has 0 bridgehead atoms. The van der Waals surface area contributed by atoms with Gasteiger partial charge in [-0.1, -0.05) is 44.2 Å². The van der Waals surface area contributed by atoms with Crippen molar-refractivity contribution in [3.8, 4) is 5.75 Å². The monoisotopic (exact) mass is 519 g/mol. The van der Waals surface area contributed by atoms with Gasteiger partial charge in [-0.3, -0.25) is 9.88 Å². The van der Waals surface area contributed by atoms with Crippen LogP contribution in [0.2, 0.25) is 0 Å². The van der Waals surface area contributed by atoms with Crippen molar-refractivity contribution in [3.63, 3.8) is 0 Å². The van der Waals surface area contributed by atoms with E-state index in [2.05, 4.69) is 14.6 Å². The molecule has 0 aliphatic rings. The summed E-state index contributed by atoms with van der Waals surface area (Å²) < 4.78 is 34.2. The predicted molar refractivity (Wildman–Crippen MR) is 131 cm³/mol. The number of carboxylic acid groups (broad SMARTS) is 1. The molecule has 1 atom stereocenters. The van der Waals surface area contributed by atoms with Crippen LogP contribution in [0.15, 0.2) is 78.0 Å². The Morgan fingerprint density at radius 2 is 1.67 bits per heavy atom. The summed E-state index contributed by atoms with van der Waals surface area (Å²) in [7, 11) is -2.23. The molecule has 0 fully saturated rings. The molecule has 2 aromatic carbocycles. The van der Waals surface area contributed by atoms with Crippen LogP contribution in [0.25, 0.3) is 0 Å². The zero-order valence-corrected chi connectivity index (χ0v) is 23.9. The Balaban J connectivity index is 0.00000456. The number of aromatic carboxylic acids is 1. The number of hydrogen-bond donors (Lipinski definition) is 1. The molecule has 0 radical (unpaired) electrons. The van der Waals surface area contributed by atoms with Crippen molar-refractivity contribution in [2.75, 3.05) is 13.7 Å². The van der Waals surface area contributed by atoms with Gasteiger partial charge in [0, 0.05) is 38.1 Å². The maximum atomic E-state index is 13.1. The van der Waals surface area contributed by atoms with Crippen molar-refractivity contribution in [1.29, 1.82) is 0 Å². The Morgan fingerprint density at radius 1 is 1.03 bits per heavy atom. The number of ether oxygens (including phenoxy) is 1. The average Bonchev–Trinajstić information content (AvgIpc) is 2.84. The number of aromatic nitrogens is 1. The third-order valence-corrected chi connectivity index (χ3v) is 7.17. The number of rotatable bonds is 12. The van der Waals surface area contributed by atoms with Gasteiger partial charge in [-0.05, 0) is 52.9 Å². The molecule has 8 nitrogen and oxygen atoms in total. The molecule has 36 heavy (non-hydrogen) atoms. The molecule has 3 rings (SSSR count). The number of methoxy groups -OCH3 is 1. The number of nitrogens with zero attached hydrogens (tertiary/aromatic N) is 2. The van der Waals surface area contributed by atoms with Crippen LogP contribution in [-0.2, 0) is 23.1 Å². The van der Waals surface area contributed by atoms with E-state index < -0.39 is 16.0 Å². The van der Waals surface area contributed by atoms with Crippen LogP contribution < -0.4 is 44.1 Å². The van der Waals surface area contributed by atoms with E-state index in [1.807, 2.05) is 26.0 Å². The fourth-order valence-corrected chi connectivity index (χ4v) is 5.00. The molecular formula is C26H30N3NaO5S. The van der Waals surface area contributed by atoms with Crippen LogP contribution in [0.3, 0.4) is 0 Å². The van der Waals surface area contributed by atoms with E-state index in [0.717, 1.165) is 11.1 Å². The zero-order valence-electron chi connectivity index (χ0n) is 21.0. The number of carbonyl (C=O) groups excluding carboxylic acids is 1. The summed E-state index contributed by atoms with van der Waals surface area (Å²) in [5.41, 5.74) is 2.00. The van der Waals surface area contributed by atoms with Crippen LogP contribution in [0.4, 0.5) is 0 Å². The molecule has 1 aromatic heterocycles. The molecule has 1 N–H and O–H groups in total. The average molecular weight is 520 g/mol. The first-order valence-electron chi connectivity index (χ1n) is 11.3. The molecule has 186 valence electrons. The third-order valence-electron chi connectivity index (χ3n) is 5.66. The molecule has 0 aliphatic carbocycles. The van der Waals surface area contributed by atoms with Crippen molar-refractivity contribution >= 4 is 16.0 Å².